The molecule has 3 nitrogen and oxygen atoms in total. The van der Waals surface area contributed by atoms with E-state index in [1.54, 1.807) is 12.1 Å². The summed E-state index contributed by atoms with van der Waals surface area (Å²) < 4.78 is 30.7. The number of fused-ring (bicyclic) bond motifs is 2. The van der Waals surface area contributed by atoms with Crippen LogP contribution in [0.1, 0.15) is 6.99 Å². The number of hydrogen-bond donors (Lipinski definition) is 0. The first kappa shape index (κ1) is 19.5. The van der Waals surface area contributed by atoms with Crippen molar-refractivity contribution in [1.82, 2.24) is 0 Å². The van der Waals surface area contributed by atoms with E-state index in [9.17, 15) is 8.42 Å². The molecule has 0 aliphatic carbocycles. The molecule has 0 unspecified atom stereocenters. The Kier molecular flexibility index (Phi) is 6.17. The van der Waals surface area contributed by atoms with Crippen LogP contribution in [0.25, 0.3) is 21.5 Å². The topological polar surface area (TPSA) is 43.4 Å². The first-order valence-corrected chi connectivity index (χ1v) is 9.57. The molecule has 126 valence electrons. The molecule has 4 aromatic rings. The van der Waals surface area contributed by atoms with Gasteiger partial charge in [0, 0.05) is 5.39 Å². The summed E-state index contributed by atoms with van der Waals surface area (Å²) in [5.41, 5.74) is 0.735. The van der Waals surface area contributed by atoms with E-state index in [0.29, 0.717) is 5.75 Å². The van der Waals surface area contributed by atoms with Crippen molar-refractivity contribution in [2.75, 3.05) is 0 Å². The van der Waals surface area contributed by atoms with Crippen molar-refractivity contribution >= 4 is 31.7 Å². The van der Waals surface area contributed by atoms with Crippen molar-refractivity contribution in [2.24, 2.45) is 0 Å². The van der Waals surface area contributed by atoms with E-state index in [0.717, 1.165) is 27.1 Å². The summed E-state index contributed by atoms with van der Waals surface area (Å²) in [6, 6.07) is 26.4. The van der Waals surface area contributed by atoms with Gasteiger partial charge in [0.1, 0.15) is 11.5 Å². The van der Waals surface area contributed by atoms with Crippen molar-refractivity contribution in [3.8, 4) is 5.75 Å². The van der Waals surface area contributed by atoms with Crippen molar-refractivity contribution in [1.29, 1.82) is 0 Å². The van der Waals surface area contributed by atoms with Crippen LogP contribution in [0.15, 0.2) is 84.9 Å². The molecule has 26 heavy (non-hydrogen) atoms. The third kappa shape index (κ3) is 4.19. The molecule has 0 spiro atoms. The van der Waals surface area contributed by atoms with E-state index < -0.39 is 10.1 Å². The first-order valence-electron chi connectivity index (χ1n) is 7.99. The van der Waals surface area contributed by atoms with Crippen molar-refractivity contribution < 1.29 is 65.4 Å². The molecule has 4 aromatic carbocycles. The molecule has 0 atom stereocenters. The normalized spacial score (nSPS) is 11.2. The van der Waals surface area contributed by atoms with Gasteiger partial charge in [-0.15, -0.1) is 0 Å². The van der Waals surface area contributed by atoms with Gasteiger partial charge in [0.2, 0.25) is 0 Å². The van der Waals surface area contributed by atoms with Crippen LogP contribution < -0.4 is 55.6 Å². The zero-order valence-corrected chi connectivity index (χ0v) is 18.4. The van der Waals surface area contributed by atoms with E-state index in [-0.39, 0.29) is 58.6 Å². The maximum absolute atomic E-state index is 12.6. The Balaban J connectivity index is 0.00000131. The molecular weight excluding hydrogens is 371 g/mol. The molecule has 0 radical (unpaired) electrons. The third-order valence-corrected chi connectivity index (χ3v) is 5.28. The molecule has 0 heterocycles. The largest absolute Gasteiger partial charge is 1.00 e. The molecule has 0 aliphatic rings. The van der Waals surface area contributed by atoms with E-state index in [2.05, 4.69) is 0 Å². The van der Waals surface area contributed by atoms with Gasteiger partial charge in [-0.05, 0) is 27.8 Å². The fourth-order valence-electron chi connectivity index (χ4n) is 3.04. The summed E-state index contributed by atoms with van der Waals surface area (Å²) in [7, 11) is -3.77. The molecule has 0 saturated heterocycles. The summed E-state index contributed by atoms with van der Waals surface area (Å²) in [6.45, 7) is 0. The van der Waals surface area contributed by atoms with Gasteiger partial charge in [0.05, 0.1) is 0 Å². The molecular formula is C21H17KO3S. The van der Waals surface area contributed by atoms with Crippen molar-refractivity contribution in [3.63, 3.8) is 0 Å². The van der Waals surface area contributed by atoms with Crippen LogP contribution in [0.5, 0.6) is 5.75 Å². The van der Waals surface area contributed by atoms with E-state index in [4.69, 9.17) is 4.18 Å². The van der Waals surface area contributed by atoms with Gasteiger partial charge < -0.3 is 5.61 Å². The van der Waals surface area contributed by atoms with Gasteiger partial charge in [0.15, 0.2) is 0 Å². The zero-order valence-electron chi connectivity index (χ0n) is 15.4. The van der Waals surface area contributed by atoms with Gasteiger partial charge in [-0.2, -0.15) is 8.42 Å². The number of hydrogen-bond acceptors (Lipinski definition) is 3. The zero-order chi connectivity index (χ0) is 17.3. The van der Waals surface area contributed by atoms with Gasteiger partial charge in [-0.25, -0.2) is 0 Å². The molecule has 4 rings (SSSR count). The molecule has 0 amide bonds. The van der Waals surface area contributed by atoms with Crippen LogP contribution in [-0.4, -0.2) is 8.42 Å². The van der Waals surface area contributed by atoms with E-state index in [1.807, 2.05) is 72.8 Å². The maximum atomic E-state index is 12.6. The van der Waals surface area contributed by atoms with Crippen molar-refractivity contribution in [3.05, 3.63) is 90.5 Å². The minimum atomic E-state index is -3.77. The predicted octanol–water partition coefficient (Wildman–Crippen LogP) is 2.02. The summed E-state index contributed by atoms with van der Waals surface area (Å²) >= 11 is 0. The van der Waals surface area contributed by atoms with Crippen LogP contribution in [0.3, 0.4) is 0 Å². The SMILES string of the molecule is O=S(=O)(Cc1cccc2ccccc12)Oc1cccc2ccccc12.[H-].[K+]. The van der Waals surface area contributed by atoms with Gasteiger partial charge in [0.25, 0.3) is 0 Å². The molecule has 0 fully saturated rings. The summed E-state index contributed by atoms with van der Waals surface area (Å²) in [5, 5.41) is 3.67. The Morgan fingerprint density at radius 3 is 1.96 bits per heavy atom. The fraction of sp³-hybridized carbons (Fsp3) is 0.0476. The van der Waals surface area contributed by atoms with Crippen LogP contribution >= 0.6 is 0 Å². The third-order valence-electron chi connectivity index (χ3n) is 4.18. The molecule has 0 N–H and O–H groups in total. The second kappa shape index (κ2) is 8.21. The number of rotatable bonds is 4. The molecule has 0 aliphatic heterocycles. The minimum absolute atomic E-state index is 0. The maximum Gasteiger partial charge on any atom is 1.00 e. The van der Waals surface area contributed by atoms with Gasteiger partial charge >= 0.3 is 61.5 Å². The quantitative estimate of drug-likeness (QED) is 0.397. The molecule has 5 heteroatoms. The Hall–Kier alpha value is -1.21. The molecule has 0 saturated carbocycles. The second-order valence-corrected chi connectivity index (χ2v) is 7.47. The Bertz CT molecular complexity index is 1080. The summed E-state index contributed by atoms with van der Waals surface area (Å²) in [4.78, 5) is 0. The Morgan fingerprint density at radius 1 is 0.692 bits per heavy atom. The van der Waals surface area contributed by atoms with E-state index >= 15 is 0 Å². The smallest absolute Gasteiger partial charge is 1.00 e. The van der Waals surface area contributed by atoms with Crippen molar-refractivity contribution in [2.45, 2.75) is 5.75 Å². The standard InChI is InChI=1S/C21H16O3S.K.H/c22-25(23,15-18-11-5-9-16-7-1-3-12-19(16)18)24-21-14-6-10-17-8-2-4-13-20(17)21;;/h1-14H,15H2;;/q;+1;-1. The second-order valence-electron chi connectivity index (χ2n) is 5.90. The Labute approximate surface area is 197 Å². The van der Waals surface area contributed by atoms with Gasteiger partial charge in [-0.3, -0.25) is 0 Å². The Morgan fingerprint density at radius 2 is 1.23 bits per heavy atom. The predicted molar refractivity (Wildman–Crippen MR) is 102 cm³/mol. The molecule has 0 aromatic heterocycles. The van der Waals surface area contributed by atoms with Crippen LogP contribution in [-0.2, 0) is 15.9 Å². The van der Waals surface area contributed by atoms with Crippen LogP contribution in [0.2, 0.25) is 0 Å². The average molecular weight is 389 g/mol. The minimum Gasteiger partial charge on any atom is -1.00 e. The van der Waals surface area contributed by atoms with Crippen LogP contribution in [0, 0.1) is 0 Å². The number of benzene rings is 4. The average Bonchev–Trinajstić information content (AvgIpc) is 2.62. The van der Waals surface area contributed by atoms with Crippen LogP contribution in [0.4, 0.5) is 0 Å². The molecule has 0 bridgehead atoms. The summed E-state index contributed by atoms with van der Waals surface area (Å²) in [6.07, 6.45) is 0. The first-order chi connectivity index (χ1) is 12.1. The van der Waals surface area contributed by atoms with E-state index in [1.165, 1.54) is 0 Å². The summed E-state index contributed by atoms with van der Waals surface area (Å²) in [5.74, 6) is 0.190. The fourth-order valence-corrected chi connectivity index (χ4v) is 4.15. The van der Waals surface area contributed by atoms with Gasteiger partial charge in [-0.1, -0.05) is 78.9 Å². The monoisotopic (exact) mass is 388 g/mol.